The maximum atomic E-state index is 6.54. The smallest absolute Gasteiger partial charge is 0.123 e. The van der Waals surface area contributed by atoms with Crippen molar-refractivity contribution in [3.63, 3.8) is 0 Å². The molecular formula is C19H24N2O. The number of hydrogen-bond acceptors (Lipinski definition) is 3. The van der Waals surface area contributed by atoms with Gasteiger partial charge in [-0.3, -0.25) is 0 Å². The van der Waals surface area contributed by atoms with Gasteiger partial charge < -0.3 is 15.4 Å². The molecule has 3 heteroatoms. The molecule has 0 radical (unpaired) electrons. The average molecular weight is 296 g/mol. The number of rotatable bonds is 2. The van der Waals surface area contributed by atoms with Gasteiger partial charge in [0.25, 0.3) is 0 Å². The van der Waals surface area contributed by atoms with Crippen LogP contribution < -0.4 is 10.5 Å². The molecule has 0 aromatic heterocycles. The van der Waals surface area contributed by atoms with Crippen LogP contribution in [0, 0.1) is 0 Å². The summed E-state index contributed by atoms with van der Waals surface area (Å²) in [5.74, 6) is 1.11. The monoisotopic (exact) mass is 296 g/mol. The summed E-state index contributed by atoms with van der Waals surface area (Å²) in [6, 6.07) is 13.0. The Morgan fingerprint density at radius 1 is 1.05 bits per heavy atom. The molecule has 22 heavy (non-hydrogen) atoms. The first-order valence-electron chi connectivity index (χ1n) is 8.42. The number of piperidine rings is 1. The second-order valence-corrected chi connectivity index (χ2v) is 6.68. The highest BCUT2D eigenvalue weighted by atomic mass is 16.5. The zero-order valence-electron chi connectivity index (χ0n) is 13.1. The summed E-state index contributed by atoms with van der Waals surface area (Å²) >= 11 is 0. The van der Waals surface area contributed by atoms with Crippen molar-refractivity contribution < 1.29 is 4.74 Å². The Bertz CT molecular complexity index is 674. The van der Waals surface area contributed by atoms with E-state index >= 15 is 0 Å². The molecule has 4 rings (SSSR count). The molecule has 1 fully saturated rings. The topological polar surface area (TPSA) is 38.5 Å². The van der Waals surface area contributed by atoms with Crippen LogP contribution in [-0.2, 0) is 6.42 Å². The highest BCUT2D eigenvalue weighted by molar-refractivity contribution is 5.88. The van der Waals surface area contributed by atoms with E-state index < -0.39 is 0 Å². The van der Waals surface area contributed by atoms with E-state index in [1.165, 1.54) is 16.3 Å². The van der Waals surface area contributed by atoms with E-state index in [0.29, 0.717) is 0 Å². The van der Waals surface area contributed by atoms with Crippen LogP contribution >= 0.6 is 0 Å². The van der Waals surface area contributed by atoms with Crippen LogP contribution in [0.3, 0.4) is 0 Å². The first kappa shape index (κ1) is 14.0. The van der Waals surface area contributed by atoms with E-state index in [2.05, 4.69) is 41.3 Å². The van der Waals surface area contributed by atoms with Crippen molar-refractivity contribution in [2.45, 2.75) is 31.3 Å². The van der Waals surface area contributed by atoms with Crippen LogP contribution in [0.5, 0.6) is 5.75 Å². The summed E-state index contributed by atoms with van der Waals surface area (Å²) < 4.78 is 6.54. The first-order chi connectivity index (χ1) is 10.8. The molecule has 2 aromatic carbocycles. The van der Waals surface area contributed by atoms with Gasteiger partial charge in [-0.1, -0.05) is 30.3 Å². The number of nitrogens with zero attached hydrogens (tertiary/aromatic N) is 1. The van der Waals surface area contributed by atoms with Gasteiger partial charge in [0, 0.05) is 31.7 Å². The third-order valence-electron chi connectivity index (χ3n) is 5.37. The van der Waals surface area contributed by atoms with Crippen LogP contribution in [0.25, 0.3) is 10.8 Å². The van der Waals surface area contributed by atoms with Crippen LogP contribution in [0.1, 0.15) is 24.8 Å². The lowest BCUT2D eigenvalue weighted by Crippen LogP contribution is -2.50. The van der Waals surface area contributed by atoms with Crippen molar-refractivity contribution in [1.29, 1.82) is 0 Å². The zero-order chi connectivity index (χ0) is 15.0. The van der Waals surface area contributed by atoms with Crippen molar-refractivity contribution in [3.8, 4) is 5.75 Å². The lowest BCUT2D eigenvalue weighted by Gasteiger charge is -2.44. The molecular weight excluding hydrogens is 272 g/mol. The number of benzene rings is 2. The van der Waals surface area contributed by atoms with E-state index in [1.54, 1.807) is 0 Å². The summed E-state index contributed by atoms with van der Waals surface area (Å²) in [6.07, 6.45) is 4.52. The predicted molar refractivity (Wildman–Crippen MR) is 90.4 cm³/mol. The third-order valence-corrected chi connectivity index (χ3v) is 5.37. The van der Waals surface area contributed by atoms with Gasteiger partial charge in [0.2, 0.25) is 0 Å². The molecule has 2 aliphatic rings. The van der Waals surface area contributed by atoms with E-state index in [-0.39, 0.29) is 5.60 Å². The van der Waals surface area contributed by atoms with Gasteiger partial charge in [0.05, 0.1) is 0 Å². The molecule has 3 nitrogen and oxygen atoms in total. The Balaban J connectivity index is 1.59. The molecule has 2 heterocycles. The van der Waals surface area contributed by atoms with Gasteiger partial charge in [-0.2, -0.15) is 0 Å². The minimum atomic E-state index is 0.0561. The van der Waals surface area contributed by atoms with E-state index in [4.69, 9.17) is 10.5 Å². The Kier molecular flexibility index (Phi) is 3.55. The molecule has 1 spiro atoms. The first-order valence-corrected chi connectivity index (χ1v) is 8.42. The van der Waals surface area contributed by atoms with Crippen LogP contribution in [-0.4, -0.2) is 36.7 Å². The lowest BCUT2D eigenvalue weighted by molar-refractivity contribution is -0.0134. The Hall–Kier alpha value is -1.58. The molecule has 0 bridgehead atoms. The standard InChI is InChI=1S/C19H24N2O/c20-11-14-21-12-9-19(10-13-21)8-7-17-16-4-2-1-3-15(16)5-6-18(17)22-19/h1-6H,7-14,20H2. The fraction of sp³-hybridized carbons (Fsp3) is 0.474. The average Bonchev–Trinajstić information content (AvgIpc) is 2.57. The number of fused-ring (bicyclic) bond motifs is 3. The highest BCUT2D eigenvalue weighted by Gasteiger charge is 2.39. The van der Waals surface area contributed by atoms with Crippen molar-refractivity contribution in [3.05, 3.63) is 42.0 Å². The third kappa shape index (κ3) is 2.38. The van der Waals surface area contributed by atoms with Crippen molar-refractivity contribution in [1.82, 2.24) is 4.90 Å². The molecule has 2 N–H and O–H groups in total. The molecule has 0 unspecified atom stereocenters. The predicted octanol–water partition coefficient (Wildman–Crippen LogP) is 2.96. The molecule has 0 atom stereocenters. The summed E-state index contributed by atoms with van der Waals surface area (Å²) in [5.41, 5.74) is 7.12. The quantitative estimate of drug-likeness (QED) is 0.926. The molecule has 0 aliphatic carbocycles. The van der Waals surface area contributed by atoms with Gasteiger partial charge in [-0.05, 0) is 42.5 Å². The number of aryl methyl sites for hydroxylation is 1. The fourth-order valence-corrected chi connectivity index (χ4v) is 4.03. The fourth-order valence-electron chi connectivity index (χ4n) is 4.03. The van der Waals surface area contributed by atoms with Gasteiger partial charge in [0.15, 0.2) is 0 Å². The van der Waals surface area contributed by atoms with Crippen LogP contribution in [0.15, 0.2) is 36.4 Å². The number of nitrogens with two attached hydrogens (primary N) is 1. The van der Waals surface area contributed by atoms with Gasteiger partial charge in [0.1, 0.15) is 11.4 Å². The highest BCUT2D eigenvalue weighted by Crippen LogP contribution is 2.41. The molecule has 2 aromatic rings. The molecule has 2 aliphatic heterocycles. The molecule has 1 saturated heterocycles. The zero-order valence-corrected chi connectivity index (χ0v) is 13.1. The number of hydrogen-bond donors (Lipinski definition) is 1. The van der Waals surface area contributed by atoms with Gasteiger partial charge >= 0.3 is 0 Å². The number of likely N-dealkylation sites (tertiary alicyclic amines) is 1. The second kappa shape index (κ2) is 5.56. The minimum Gasteiger partial charge on any atom is -0.487 e. The Labute approximate surface area is 132 Å². The van der Waals surface area contributed by atoms with E-state index in [0.717, 1.165) is 57.6 Å². The second-order valence-electron chi connectivity index (χ2n) is 6.68. The van der Waals surface area contributed by atoms with Crippen molar-refractivity contribution in [2.24, 2.45) is 5.73 Å². The summed E-state index contributed by atoms with van der Waals surface area (Å²) in [7, 11) is 0. The van der Waals surface area contributed by atoms with E-state index in [1.807, 2.05) is 0 Å². The number of ether oxygens (including phenoxy) is 1. The Morgan fingerprint density at radius 3 is 2.68 bits per heavy atom. The lowest BCUT2D eigenvalue weighted by atomic mass is 9.82. The largest absolute Gasteiger partial charge is 0.487 e. The maximum Gasteiger partial charge on any atom is 0.123 e. The summed E-state index contributed by atoms with van der Waals surface area (Å²) in [6.45, 7) is 3.99. The van der Waals surface area contributed by atoms with Crippen LogP contribution in [0.4, 0.5) is 0 Å². The molecule has 0 saturated carbocycles. The molecule has 0 amide bonds. The van der Waals surface area contributed by atoms with Gasteiger partial charge in [-0.15, -0.1) is 0 Å². The molecule has 116 valence electrons. The maximum absolute atomic E-state index is 6.54. The summed E-state index contributed by atoms with van der Waals surface area (Å²) in [4.78, 5) is 2.46. The van der Waals surface area contributed by atoms with Gasteiger partial charge in [-0.25, -0.2) is 0 Å². The Morgan fingerprint density at radius 2 is 1.86 bits per heavy atom. The normalized spacial score (nSPS) is 20.8. The SMILES string of the molecule is NCCN1CCC2(CCc3c(ccc4ccccc34)O2)CC1. The van der Waals surface area contributed by atoms with Crippen LogP contribution in [0.2, 0.25) is 0 Å². The van der Waals surface area contributed by atoms with Crippen molar-refractivity contribution >= 4 is 10.8 Å². The summed E-state index contributed by atoms with van der Waals surface area (Å²) in [5, 5.41) is 2.67. The minimum absolute atomic E-state index is 0.0561. The van der Waals surface area contributed by atoms with Crippen molar-refractivity contribution in [2.75, 3.05) is 26.2 Å². The van der Waals surface area contributed by atoms with E-state index in [9.17, 15) is 0 Å².